The van der Waals surface area contributed by atoms with E-state index in [0.29, 0.717) is 12.8 Å². The van der Waals surface area contributed by atoms with Crippen LogP contribution in [-0.4, -0.2) is 17.3 Å². The molecule has 2 nitrogen and oxygen atoms in total. The Morgan fingerprint density at radius 1 is 1.17 bits per heavy atom. The van der Waals surface area contributed by atoms with Crippen molar-refractivity contribution < 1.29 is 23.1 Å². The molecule has 0 saturated heterocycles. The van der Waals surface area contributed by atoms with Gasteiger partial charge in [0.05, 0.1) is 11.8 Å². The normalized spacial score (nSPS) is 46.4. The summed E-state index contributed by atoms with van der Waals surface area (Å²) in [4.78, 5) is 11.0. The minimum atomic E-state index is -4.17. The molecule has 0 radical (unpaired) electrons. The number of alkyl halides is 3. The zero-order valence-corrected chi connectivity index (χ0v) is 10.1. The van der Waals surface area contributed by atoms with E-state index in [-0.39, 0.29) is 37.5 Å². The third-order valence-corrected chi connectivity index (χ3v) is 5.31. The maximum Gasteiger partial charge on any atom is 0.394 e. The summed E-state index contributed by atoms with van der Waals surface area (Å²) in [6, 6.07) is 0. The highest BCUT2D eigenvalue weighted by molar-refractivity contribution is 5.67. The van der Waals surface area contributed by atoms with E-state index < -0.39 is 23.0 Å². The minimum absolute atomic E-state index is 0.0444. The zero-order chi connectivity index (χ0) is 13.2. The molecule has 0 spiro atoms. The third-order valence-electron chi connectivity index (χ3n) is 5.31. The Bertz CT molecular complexity index is 374. The largest absolute Gasteiger partial charge is 0.481 e. The highest BCUT2D eigenvalue weighted by Gasteiger charge is 2.67. The fourth-order valence-corrected chi connectivity index (χ4v) is 5.31. The van der Waals surface area contributed by atoms with E-state index in [9.17, 15) is 18.0 Å². The highest BCUT2D eigenvalue weighted by Crippen LogP contribution is 2.70. The van der Waals surface area contributed by atoms with Gasteiger partial charge in [0.25, 0.3) is 0 Å². The molecule has 0 aromatic rings. The standard InChI is InChI=1S/C13H17F3O2/c14-13(15,16)12-4-8-1-9(5-12)3-11(2-8,7-12)6-10(17)18/h8-9H,1-7H2,(H,17,18). The Hall–Kier alpha value is -0.740. The number of carboxylic acids is 1. The van der Waals surface area contributed by atoms with Gasteiger partial charge in [-0.3, -0.25) is 4.79 Å². The highest BCUT2D eigenvalue weighted by atomic mass is 19.4. The van der Waals surface area contributed by atoms with E-state index in [0.717, 1.165) is 6.42 Å². The van der Waals surface area contributed by atoms with Gasteiger partial charge in [0.2, 0.25) is 0 Å². The average Bonchev–Trinajstić information content (AvgIpc) is 2.10. The molecule has 4 aliphatic rings. The van der Waals surface area contributed by atoms with Gasteiger partial charge in [-0.15, -0.1) is 0 Å². The van der Waals surface area contributed by atoms with Gasteiger partial charge < -0.3 is 5.11 Å². The molecule has 1 N–H and O–H groups in total. The summed E-state index contributed by atoms with van der Waals surface area (Å²) in [6.45, 7) is 0. The number of halogens is 3. The van der Waals surface area contributed by atoms with Crippen molar-refractivity contribution in [1.29, 1.82) is 0 Å². The Morgan fingerprint density at radius 3 is 2.17 bits per heavy atom. The molecule has 0 amide bonds. The van der Waals surface area contributed by atoms with Crippen molar-refractivity contribution in [3.63, 3.8) is 0 Å². The lowest BCUT2D eigenvalue weighted by atomic mass is 9.43. The second-order valence-corrected chi connectivity index (χ2v) is 6.81. The number of carbonyl (C=O) groups is 1. The number of rotatable bonds is 2. The minimum Gasteiger partial charge on any atom is -0.481 e. The predicted octanol–water partition coefficient (Wildman–Crippen LogP) is 3.61. The van der Waals surface area contributed by atoms with Crippen molar-refractivity contribution in [2.24, 2.45) is 22.7 Å². The first-order valence-corrected chi connectivity index (χ1v) is 6.52. The first-order chi connectivity index (χ1) is 8.24. The molecule has 2 unspecified atom stereocenters. The van der Waals surface area contributed by atoms with Crippen molar-refractivity contribution in [1.82, 2.24) is 0 Å². The van der Waals surface area contributed by atoms with Crippen LogP contribution in [0, 0.1) is 22.7 Å². The molecule has 0 aromatic carbocycles. The maximum absolute atomic E-state index is 13.4. The van der Waals surface area contributed by atoms with Crippen molar-refractivity contribution in [3.05, 3.63) is 0 Å². The lowest BCUT2D eigenvalue weighted by Gasteiger charge is -2.62. The summed E-state index contributed by atoms with van der Waals surface area (Å²) in [5.41, 5.74) is -2.15. The lowest BCUT2D eigenvalue weighted by molar-refractivity contribution is -0.287. The Morgan fingerprint density at radius 2 is 1.72 bits per heavy atom. The van der Waals surface area contributed by atoms with Crippen molar-refractivity contribution >= 4 is 5.97 Å². The molecule has 0 heterocycles. The van der Waals surface area contributed by atoms with Gasteiger partial charge in [-0.25, -0.2) is 0 Å². The third kappa shape index (κ3) is 1.66. The molecule has 4 bridgehead atoms. The van der Waals surface area contributed by atoms with Crippen molar-refractivity contribution in [3.8, 4) is 0 Å². The second-order valence-electron chi connectivity index (χ2n) is 6.81. The summed E-state index contributed by atoms with van der Waals surface area (Å²) in [7, 11) is 0. The average molecular weight is 262 g/mol. The molecule has 0 aromatic heterocycles. The van der Waals surface area contributed by atoms with Crippen molar-refractivity contribution in [2.75, 3.05) is 0 Å². The smallest absolute Gasteiger partial charge is 0.394 e. The molecule has 5 heteroatoms. The van der Waals surface area contributed by atoms with Crippen LogP contribution >= 0.6 is 0 Å². The number of hydrogen-bond donors (Lipinski definition) is 1. The van der Waals surface area contributed by atoms with E-state index in [1.165, 1.54) is 0 Å². The van der Waals surface area contributed by atoms with E-state index in [4.69, 9.17) is 5.11 Å². The first kappa shape index (κ1) is 12.3. The van der Waals surface area contributed by atoms with Crippen LogP contribution in [0.2, 0.25) is 0 Å². The van der Waals surface area contributed by atoms with Crippen LogP contribution in [0.4, 0.5) is 13.2 Å². The van der Waals surface area contributed by atoms with Crippen LogP contribution < -0.4 is 0 Å². The van der Waals surface area contributed by atoms with Gasteiger partial charge in [0, 0.05) is 0 Å². The van der Waals surface area contributed by atoms with Gasteiger partial charge in [0.15, 0.2) is 0 Å². The van der Waals surface area contributed by atoms with Gasteiger partial charge in [-0.1, -0.05) is 0 Å². The van der Waals surface area contributed by atoms with Crippen LogP contribution in [0.1, 0.15) is 44.9 Å². The molecule has 4 rings (SSSR count). The molecule has 18 heavy (non-hydrogen) atoms. The Kier molecular flexibility index (Phi) is 2.34. The van der Waals surface area contributed by atoms with E-state index in [2.05, 4.69) is 0 Å². The van der Waals surface area contributed by atoms with Crippen LogP contribution in [0.3, 0.4) is 0 Å². The van der Waals surface area contributed by atoms with Crippen LogP contribution in [-0.2, 0) is 4.79 Å². The first-order valence-electron chi connectivity index (χ1n) is 6.52. The molecular formula is C13H17F3O2. The van der Waals surface area contributed by atoms with E-state index in [1.807, 2.05) is 0 Å². The maximum atomic E-state index is 13.4. The summed E-state index contributed by atoms with van der Waals surface area (Å²) in [5, 5.41) is 8.98. The van der Waals surface area contributed by atoms with Crippen LogP contribution in [0.25, 0.3) is 0 Å². The summed E-state index contributed by atoms with van der Waals surface area (Å²) < 4.78 is 40.1. The number of aliphatic carboxylic acids is 1. The molecule has 0 aliphatic heterocycles. The fraction of sp³-hybridized carbons (Fsp3) is 0.923. The second kappa shape index (κ2) is 3.42. The van der Waals surface area contributed by atoms with Gasteiger partial charge >= 0.3 is 12.1 Å². The quantitative estimate of drug-likeness (QED) is 0.825. The zero-order valence-electron chi connectivity index (χ0n) is 10.1. The molecule has 4 aliphatic carbocycles. The van der Waals surface area contributed by atoms with Crippen LogP contribution in [0.15, 0.2) is 0 Å². The van der Waals surface area contributed by atoms with Gasteiger partial charge in [-0.2, -0.15) is 13.2 Å². The van der Waals surface area contributed by atoms with Crippen LogP contribution in [0.5, 0.6) is 0 Å². The van der Waals surface area contributed by atoms with Gasteiger partial charge in [-0.05, 0) is 55.8 Å². The summed E-state index contributed by atoms with van der Waals surface area (Å²) in [5.74, 6) is -0.770. The Labute approximate surface area is 104 Å². The molecule has 4 fully saturated rings. The Balaban J connectivity index is 1.95. The summed E-state index contributed by atoms with van der Waals surface area (Å²) in [6.07, 6.45) is -1.50. The van der Waals surface area contributed by atoms with E-state index in [1.54, 1.807) is 0 Å². The SMILES string of the molecule is O=C(O)CC12CC3CC(C1)CC(C(F)(F)F)(C3)C2. The number of hydrogen-bond acceptors (Lipinski definition) is 1. The van der Waals surface area contributed by atoms with Gasteiger partial charge in [0.1, 0.15) is 0 Å². The fourth-order valence-electron chi connectivity index (χ4n) is 5.31. The lowest BCUT2D eigenvalue weighted by Crippen LogP contribution is -2.57. The van der Waals surface area contributed by atoms with Crippen molar-refractivity contribution in [2.45, 2.75) is 51.1 Å². The monoisotopic (exact) mass is 262 g/mol. The number of carboxylic acid groups (broad SMARTS) is 1. The topological polar surface area (TPSA) is 37.3 Å². The predicted molar refractivity (Wildman–Crippen MR) is 57.9 cm³/mol. The van der Waals surface area contributed by atoms with E-state index >= 15 is 0 Å². The molecule has 102 valence electrons. The molecule has 2 atom stereocenters. The molecule has 4 saturated carbocycles. The molecular weight excluding hydrogens is 245 g/mol. The summed E-state index contributed by atoms with van der Waals surface area (Å²) >= 11 is 0.